The van der Waals surface area contributed by atoms with E-state index in [-0.39, 0.29) is 5.91 Å². The van der Waals surface area contributed by atoms with Crippen molar-refractivity contribution in [3.63, 3.8) is 0 Å². The Morgan fingerprint density at radius 2 is 1.94 bits per heavy atom. The van der Waals surface area contributed by atoms with Gasteiger partial charge in [0.25, 0.3) is 0 Å². The Morgan fingerprint density at radius 1 is 1.38 bits per heavy atom. The highest BCUT2D eigenvalue weighted by Gasteiger charge is 2.29. The third kappa shape index (κ3) is 3.78. The monoisotopic (exact) mass is 226 g/mol. The molecular formula is C13H26N2O. The van der Waals surface area contributed by atoms with Gasteiger partial charge in [-0.1, -0.05) is 34.1 Å². The second-order valence-electron chi connectivity index (χ2n) is 5.58. The number of rotatable bonds is 4. The van der Waals surface area contributed by atoms with Crippen LogP contribution in [0.3, 0.4) is 0 Å². The van der Waals surface area contributed by atoms with Gasteiger partial charge in [-0.25, -0.2) is 0 Å². The van der Waals surface area contributed by atoms with E-state index in [2.05, 4.69) is 33.0 Å². The molecule has 0 aromatic carbocycles. The first-order valence-corrected chi connectivity index (χ1v) is 6.48. The van der Waals surface area contributed by atoms with Crippen molar-refractivity contribution in [2.45, 2.75) is 53.0 Å². The molecule has 0 atom stereocenters. The molecule has 3 heteroatoms. The van der Waals surface area contributed by atoms with Crippen molar-refractivity contribution in [1.82, 2.24) is 10.2 Å². The minimum atomic E-state index is 0.256. The van der Waals surface area contributed by atoms with Crippen molar-refractivity contribution >= 4 is 5.91 Å². The molecule has 1 N–H and O–H groups in total. The summed E-state index contributed by atoms with van der Waals surface area (Å²) in [5, 5.41) is 3.19. The Balaban J connectivity index is 2.33. The van der Waals surface area contributed by atoms with Gasteiger partial charge < -0.3 is 10.2 Å². The molecule has 0 saturated carbocycles. The van der Waals surface area contributed by atoms with Crippen LogP contribution in [0.5, 0.6) is 0 Å². The lowest BCUT2D eigenvalue weighted by atomic mass is 9.78. The van der Waals surface area contributed by atoms with Crippen LogP contribution in [-0.2, 0) is 4.79 Å². The number of hydrogen-bond acceptors (Lipinski definition) is 2. The van der Waals surface area contributed by atoms with Crippen LogP contribution in [0.1, 0.15) is 47.0 Å². The molecule has 1 amide bonds. The number of piperidine rings is 1. The van der Waals surface area contributed by atoms with Gasteiger partial charge >= 0.3 is 0 Å². The molecule has 0 aliphatic carbocycles. The molecule has 1 fully saturated rings. The van der Waals surface area contributed by atoms with Crippen LogP contribution in [0.25, 0.3) is 0 Å². The van der Waals surface area contributed by atoms with Gasteiger partial charge in [0.15, 0.2) is 0 Å². The smallest absolute Gasteiger partial charge is 0.236 e. The molecule has 0 unspecified atom stereocenters. The lowest BCUT2D eigenvalue weighted by molar-refractivity contribution is -0.132. The molecule has 0 radical (unpaired) electrons. The summed E-state index contributed by atoms with van der Waals surface area (Å²) >= 11 is 0. The Labute approximate surface area is 99.6 Å². The van der Waals surface area contributed by atoms with Gasteiger partial charge in [0.1, 0.15) is 0 Å². The molecule has 0 bridgehead atoms. The topological polar surface area (TPSA) is 32.3 Å². The summed E-state index contributed by atoms with van der Waals surface area (Å²) < 4.78 is 0. The van der Waals surface area contributed by atoms with E-state index in [1.165, 1.54) is 6.42 Å². The van der Waals surface area contributed by atoms with Crippen molar-refractivity contribution in [3.05, 3.63) is 0 Å². The molecule has 94 valence electrons. The van der Waals surface area contributed by atoms with Crippen LogP contribution in [0.2, 0.25) is 0 Å². The minimum Gasteiger partial charge on any atom is -0.342 e. The van der Waals surface area contributed by atoms with Crippen LogP contribution < -0.4 is 5.32 Å². The van der Waals surface area contributed by atoms with Gasteiger partial charge in [-0.05, 0) is 18.3 Å². The fourth-order valence-corrected chi connectivity index (χ4v) is 2.05. The molecule has 0 aromatic rings. The number of likely N-dealkylation sites (tertiary alicyclic amines) is 1. The van der Waals surface area contributed by atoms with Crippen LogP contribution in [0.15, 0.2) is 0 Å². The van der Waals surface area contributed by atoms with Crippen molar-refractivity contribution in [2.75, 3.05) is 19.6 Å². The molecule has 1 heterocycles. The maximum atomic E-state index is 11.9. The van der Waals surface area contributed by atoms with Crippen LogP contribution >= 0.6 is 0 Å². The average molecular weight is 226 g/mol. The zero-order valence-corrected chi connectivity index (χ0v) is 11.2. The molecule has 0 aromatic heterocycles. The normalized spacial score (nSPS) is 20.2. The molecule has 16 heavy (non-hydrogen) atoms. The van der Waals surface area contributed by atoms with Gasteiger partial charge in [0.2, 0.25) is 5.91 Å². The van der Waals surface area contributed by atoms with Gasteiger partial charge in [-0.3, -0.25) is 4.79 Å². The first-order chi connectivity index (χ1) is 7.47. The lowest BCUT2D eigenvalue weighted by Gasteiger charge is -2.39. The highest BCUT2D eigenvalue weighted by molar-refractivity contribution is 5.78. The van der Waals surface area contributed by atoms with Crippen LogP contribution in [0, 0.1) is 5.41 Å². The molecule has 1 aliphatic rings. The average Bonchev–Trinajstić information content (AvgIpc) is 2.27. The van der Waals surface area contributed by atoms with Crippen molar-refractivity contribution in [2.24, 2.45) is 5.41 Å². The predicted molar refractivity (Wildman–Crippen MR) is 67.4 cm³/mol. The first kappa shape index (κ1) is 13.5. The zero-order chi connectivity index (χ0) is 12.2. The Kier molecular flexibility index (Phi) is 4.78. The fourth-order valence-electron chi connectivity index (χ4n) is 2.05. The lowest BCUT2D eigenvalue weighted by Crippen LogP contribution is -2.46. The summed E-state index contributed by atoms with van der Waals surface area (Å²) in [6.07, 6.45) is 3.52. The van der Waals surface area contributed by atoms with Crippen LogP contribution in [-0.4, -0.2) is 36.5 Å². The van der Waals surface area contributed by atoms with E-state index < -0.39 is 0 Å². The van der Waals surface area contributed by atoms with Gasteiger partial charge in [0, 0.05) is 19.1 Å². The van der Waals surface area contributed by atoms with E-state index in [9.17, 15) is 4.79 Å². The summed E-state index contributed by atoms with van der Waals surface area (Å²) in [4.78, 5) is 13.9. The first-order valence-electron chi connectivity index (χ1n) is 6.48. The predicted octanol–water partition coefficient (Wildman–Crippen LogP) is 2.02. The molecular weight excluding hydrogens is 200 g/mol. The minimum absolute atomic E-state index is 0.256. The van der Waals surface area contributed by atoms with Crippen LogP contribution in [0.4, 0.5) is 0 Å². The van der Waals surface area contributed by atoms with E-state index in [0.717, 1.165) is 25.9 Å². The summed E-state index contributed by atoms with van der Waals surface area (Å²) in [5.41, 5.74) is 0.461. The number of nitrogens with zero attached hydrogens (tertiary/aromatic N) is 1. The molecule has 1 rings (SSSR count). The Morgan fingerprint density at radius 3 is 2.38 bits per heavy atom. The quantitative estimate of drug-likeness (QED) is 0.795. The summed E-state index contributed by atoms with van der Waals surface area (Å²) in [7, 11) is 0. The molecule has 1 aliphatic heterocycles. The third-order valence-corrected chi connectivity index (χ3v) is 3.84. The third-order valence-electron chi connectivity index (χ3n) is 3.84. The highest BCUT2D eigenvalue weighted by Crippen LogP contribution is 2.33. The van der Waals surface area contributed by atoms with Crippen molar-refractivity contribution < 1.29 is 4.79 Å². The molecule has 0 spiro atoms. The Hall–Kier alpha value is -0.570. The largest absolute Gasteiger partial charge is 0.342 e. The van der Waals surface area contributed by atoms with Crippen molar-refractivity contribution in [3.8, 4) is 0 Å². The van der Waals surface area contributed by atoms with E-state index >= 15 is 0 Å². The zero-order valence-electron chi connectivity index (χ0n) is 11.2. The number of nitrogens with one attached hydrogen (secondary N) is 1. The second kappa shape index (κ2) is 5.67. The Bertz CT molecular complexity index is 230. The number of carbonyl (C=O) groups is 1. The van der Waals surface area contributed by atoms with E-state index in [1.54, 1.807) is 0 Å². The maximum Gasteiger partial charge on any atom is 0.236 e. The second-order valence-corrected chi connectivity index (χ2v) is 5.58. The van der Waals surface area contributed by atoms with Crippen molar-refractivity contribution in [1.29, 1.82) is 0 Å². The highest BCUT2D eigenvalue weighted by atomic mass is 16.2. The molecule has 3 nitrogen and oxygen atoms in total. The standard InChI is InChI=1S/C13H26N2O/c1-5-13(4)6-8-15(9-7-13)12(16)10-14-11(2)3/h11,14H,5-10H2,1-4H3. The summed E-state index contributed by atoms with van der Waals surface area (Å²) in [6, 6.07) is 0.384. The maximum absolute atomic E-state index is 11.9. The van der Waals surface area contributed by atoms with E-state index in [4.69, 9.17) is 0 Å². The van der Waals surface area contributed by atoms with Gasteiger partial charge in [-0.2, -0.15) is 0 Å². The molecule has 1 saturated heterocycles. The summed E-state index contributed by atoms with van der Waals surface area (Å²) in [6.45, 7) is 11.1. The SMILES string of the molecule is CCC1(C)CCN(C(=O)CNC(C)C)CC1. The van der Waals surface area contributed by atoms with E-state index in [1.807, 2.05) is 4.90 Å². The van der Waals surface area contributed by atoms with Gasteiger partial charge in [0.05, 0.1) is 6.54 Å². The number of carbonyl (C=O) groups excluding carboxylic acids is 1. The number of hydrogen-bond donors (Lipinski definition) is 1. The van der Waals surface area contributed by atoms with Gasteiger partial charge in [-0.15, -0.1) is 0 Å². The summed E-state index contributed by atoms with van der Waals surface area (Å²) in [5.74, 6) is 0.256. The number of amides is 1. The van der Waals surface area contributed by atoms with E-state index in [0.29, 0.717) is 18.0 Å². The fraction of sp³-hybridized carbons (Fsp3) is 0.923.